The maximum absolute atomic E-state index is 13.6. The molecule has 2 aliphatic heterocycles. The van der Waals surface area contributed by atoms with E-state index in [1.807, 2.05) is 134 Å². The maximum Gasteiger partial charge on any atom is 0.338 e. The van der Waals surface area contributed by atoms with Gasteiger partial charge in [0, 0.05) is 0 Å². The summed E-state index contributed by atoms with van der Waals surface area (Å²) >= 11 is 0. The highest BCUT2D eigenvalue weighted by atomic mass is 16.8. The highest BCUT2D eigenvalue weighted by Gasteiger charge is 2.52. The quantitative estimate of drug-likeness (QED) is 0.105. The molecule has 0 saturated carbocycles. The average Bonchev–Trinajstić information content (AvgIpc) is 3.25. The van der Waals surface area contributed by atoms with Crippen LogP contribution in [-0.2, 0) is 64.3 Å². The molecular formula is C46H48O10. The molecule has 2 saturated heterocycles. The summed E-state index contributed by atoms with van der Waals surface area (Å²) in [6.45, 7) is 2.85. The van der Waals surface area contributed by atoms with Gasteiger partial charge in [-0.05, 0) is 41.3 Å². The van der Waals surface area contributed by atoms with Crippen molar-refractivity contribution in [1.29, 1.82) is 0 Å². The highest BCUT2D eigenvalue weighted by Crippen LogP contribution is 2.34. The van der Waals surface area contributed by atoms with Gasteiger partial charge in [-0.2, -0.15) is 0 Å². The zero-order valence-corrected chi connectivity index (χ0v) is 31.3. The topological polar surface area (TPSA) is 111 Å². The molecule has 0 aliphatic carbocycles. The summed E-state index contributed by atoms with van der Waals surface area (Å²) in [5, 5.41) is 11.5. The number of rotatable bonds is 16. The Kier molecular flexibility index (Phi) is 14.0. The first-order valence-corrected chi connectivity index (χ1v) is 19.0. The lowest BCUT2D eigenvalue weighted by molar-refractivity contribution is -0.362. The van der Waals surface area contributed by atoms with Gasteiger partial charge in [0.25, 0.3) is 0 Å². The zero-order chi connectivity index (χ0) is 38.5. The molecule has 56 heavy (non-hydrogen) atoms. The molecule has 292 valence electrons. The van der Waals surface area contributed by atoms with Gasteiger partial charge in [-0.3, -0.25) is 0 Å². The molecule has 0 unspecified atom stereocenters. The fraction of sp³-hybridized carbons (Fsp3) is 0.326. The highest BCUT2D eigenvalue weighted by molar-refractivity contribution is 5.89. The SMILES string of the molecule is C[C@@H]1O[C@@H](O[C@H]2[C@@H](OC(=O)c3ccccc3)[C@H](OCc3ccccc3)CO[C@@H]2O)[C@H](OCc2ccccc2)[C@H](OCc2ccccc2)[C@H]1OCc1ccccc1. The summed E-state index contributed by atoms with van der Waals surface area (Å²) in [6.07, 6.45) is -8.47. The predicted octanol–water partition coefficient (Wildman–Crippen LogP) is 7.03. The Hall–Kier alpha value is -4.75. The molecule has 1 N–H and O–H groups in total. The second-order valence-corrected chi connectivity index (χ2v) is 13.9. The number of hydrogen-bond acceptors (Lipinski definition) is 10. The van der Waals surface area contributed by atoms with E-state index in [1.54, 1.807) is 24.3 Å². The lowest BCUT2D eigenvalue weighted by atomic mass is 9.97. The van der Waals surface area contributed by atoms with E-state index in [4.69, 9.17) is 37.9 Å². The second kappa shape index (κ2) is 19.9. The monoisotopic (exact) mass is 760 g/mol. The summed E-state index contributed by atoms with van der Waals surface area (Å²) in [7, 11) is 0. The predicted molar refractivity (Wildman–Crippen MR) is 207 cm³/mol. The van der Waals surface area contributed by atoms with Crippen LogP contribution in [0, 0.1) is 0 Å². The van der Waals surface area contributed by atoms with E-state index in [-0.39, 0.29) is 26.4 Å². The van der Waals surface area contributed by atoms with Crippen molar-refractivity contribution in [2.45, 2.75) is 88.7 Å². The van der Waals surface area contributed by atoms with Crippen molar-refractivity contribution in [2.75, 3.05) is 6.61 Å². The van der Waals surface area contributed by atoms with Crippen LogP contribution in [0.15, 0.2) is 152 Å². The van der Waals surface area contributed by atoms with Crippen LogP contribution in [0.25, 0.3) is 0 Å². The minimum atomic E-state index is -1.50. The van der Waals surface area contributed by atoms with E-state index in [2.05, 4.69) is 0 Å². The van der Waals surface area contributed by atoms with Crippen LogP contribution in [0.4, 0.5) is 0 Å². The Morgan fingerprint density at radius 3 is 1.48 bits per heavy atom. The van der Waals surface area contributed by atoms with E-state index >= 15 is 0 Å². The average molecular weight is 761 g/mol. The number of carbonyl (C=O) groups is 1. The molecule has 5 aromatic carbocycles. The first kappa shape index (κ1) is 39.5. The van der Waals surface area contributed by atoms with Crippen molar-refractivity contribution < 1.29 is 47.8 Å². The fourth-order valence-electron chi connectivity index (χ4n) is 6.86. The van der Waals surface area contributed by atoms with Gasteiger partial charge < -0.3 is 43.0 Å². The second-order valence-electron chi connectivity index (χ2n) is 13.9. The summed E-state index contributed by atoms with van der Waals surface area (Å²) in [4.78, 5) is 13.6. The van der Waals surface area contributed by atoms with Crippen molar-refractivity contribution in [3.05, 3.63) is 179 Å². The van der Waals surface area contributed by atoms with Crippen molar-refractivity contribution in [3.8, 4) is 0 Å². The molecule has 10 heteroatoms. The van der Waals surface area contributed by atoms with Crippen molar-refractivity contribution >= 4 is 5.97 Å². The Bertz CT molecular complexity index is 1880. The van der Waals surface area contributed by atoms with Crippen LogP contribution in [0.2, 0.25) is 0 Å². The molecule has 0 bridgehead atoms. The number of carbonyl (C=O) groups excluding carboxylic acids is 1. The van der Waals surface area contributed by atoms with Gasteiger partial charge in [-0.15, -0.1) is 0 Å². The molecule has 0 aromatic heterocycles. The van der Waals surface area contributed by atoms with Crippen LogP contribution in [-0.4, -0.2) is 73.0 Å². The fourth-order valence-corrected chi connectivity index (χ4v) is 6.86. The minimum absolute atomic E-state index is 0.0470. The first-order valence-electron chi connectivity index (χ1n) is 19.0. The molecule has 7 rings (SSSR count). The van der Waals surface area contributed by atoms with Gasteiger partial charge in [0.05, 0.1) is 44.7 Å². The van der Waals surface area contributed by atoms with Gasteiger partial charge in [-0.25, -0.2) is 4.79 Å². The molecule has 2 aliphatic rings. The molecular weight excluding hydrogens is 712 g/mol. The van der Waals surface area contributed by atoms with Gasteiger partial charge >= 0.3 is 5.97 Å². The van der Waals surface area contributed by atoms with Crippen LogP contribution >= 0.6 is 0 Å². The van der Waals surface area contributed by atoms with Crippen LogP contribution < -0.4 is 0 Å². The molecule has 9 atom stereocenters. The summed E-state index contributed by atoms with van der Waals surface area (Å²) in [5.41, 5.74) is 4.15. The van der Waals surface area contributed by atoms with Gasteiger partial charge in [0.1, 0.15) is 24.4 Å². The van der Waals surface area contributed by atoms with E-state index < -0.39 is 61.3 Å². The minimum Gasteiger partial charge on any atom is -0.453 e. The van der Waals surface area contributed by atoms with Crippen LogP contribution in [0.1, 0.15) is 39.5 Å². The summed E-state index contributed by atoms with van der Waals surface area (Å²) < 4.78 is 51.7. The number of aliphatic hydroxyl groups is 1. The van der Waals surface area contributed by atoms with E-state index in [0.717, 1.165) is 22.3 Å². The Balaban J connectivity index is 1.19. The zero-order valence-electron chi connectivity index (χ0n) is 31.3. The first-order chi connectivity index (χ1) is 27.5. The van der Waals surface area contributed by atoms with E-state index in [0.29, 0.717) is 12.2 Å². The summed E-state index contributed by atoms with van der Waals surface area (Å²) in [5.74, 6) is -0.597. The molecule has 0 spiro atoms. The molecule has 5 aromatic rings. The lowest BCUT2D eigenvalue weighted by Gasteiger charge is -2.47. The van der Waals surface area contributed by atoms with Gasteiger partial charge in [0.2, 0.25) is 0 Å². The standard InChI is InChI=1S/C46H48O10/c1-32-39(50-28-34-19-9-3-10-20-34)41(51-29-35-21-11-4-12-22-35)43(52-30-36-23-13-5-14-24-36)46(54-32)56-42-40(55-44(47)37-25-15-6-16-26-37)38(31-53-45(42)48)49-27-33-17-7-2-8-18-33/h2-26,32,38-43,45-46,48H,27-31H2,1H3/t32-,38+,39-,40-,41+,42-,43+,45-,46-/m0/s1. The Morgan fingerprint density at radius 1 is 0.554 bits per heavy atom. The Labute approximate surface area is 327 Å². The number of benzene rings is 5. The Morgan fingerprint density at radius 2 is 0.982 bits per heavy atom. The third-order valence-corrected chi connectivity index (χ3v) is 9.84. The largest absolute Gasteiger partial charge is 0.453 e. The van der Waals surface area contributed by atoms with Crippen LogP contribution in [0.5, 0.6) is 0 Å². The molecule has 0 amide bonds. The van der Waals surface area contributed by atoms with Gasteiger partial charge in [-0.1, -0.05) is 140 Å². The van der Waals surface area contributed by atoms with E-state index in [1.165, 1.54) is 0 Å². The van der Waals surface area contributed by atoms with Crippen molar-refractivity contribution in [3.63, 3.8) is 0 Å². The molecule has 2 heterocycles. The third kappa shape index (κ3) is 10.5. The third-order valence-electron chi connectivity index (χ3n) is 9.84. The van der Waals surface area contributed by atoms with E-state index in [9.17, 15) is 9.90 Å². The van der Waals surface area contributed by atoms with Gasteiger partial charge in [0.15, 0.2) is 24.8 Å². The molecule has 2 fully saturated rings. The van der Waals surface area contributed by atoms with Crippen LogP contribution in [0.3, 0.4) is 0 Å². The number of esters is 1. The van der Waals surface area contributed by atoms with Crippen molar-refractivity contribution in [2.24, 2.45) is 0 Å². The summed E-state index contributed by atoms with van der Waals surface area (Å²) in [6, 6.07) is 47.8. The molecule has 0 radical (unpaired) electrons. The normalized spacial score (nSPS) is 26.4. The lowest BCUT2D eigenvalue weighted by Crippen LogP contribution is -2.63. The maximum atomic E-state index is 13.6. The number of hydrogen-bond donors (Lipinski definition) is 1. The smallest absolute Gasteiger partial charge is 0.338 e. The molecule has 10 nitrogen and oxygen atoms in total. The number of ether oxygens (including phenoxy) is 8. The van der Waals surface area contributed by atoms with Crippen molar-refractivity contribution in [1.82, 2.24) is 0 Å². The number of aliphatic hydroxyl groups excluding tert-OH is 1.